The Labute approximate surface area is 148 Å². The van der Waals surface area contributed by atoms with Gasteiger partial charge in [-0.3, -0.25) is 0 Å². The van der Waals surface area contributed by atoms with Gasteiger partial charge in [0.1, 0.15) is 5.60 Å². The Kier molecular flexibility index (Phi) is 6.04. The second-order valence-corrected chi connectivity index (χ2v) is 8.26. The summed E-state index contributed by atoms with van der Waals surface area (Å²) in [5.41, 5.74) is 1.80. The van der Waals surface area contributed by atoms with Crippen LogP contribution in [0.2, 0.25) is 5.02 Å². The minimum atomic E-state index is -3.48. The molecule has 0 aromatic heterocycles. The molecule has 0 saturated carbocycles. The van der Waals surface area contributed by atoms with Gasteiger partial charge in [0.15, 0.2) is 0 Å². The fourth-order valence-electron chi connectivity index (χ4n) is 2.43. The highest BCUT2D eigenvalue weighted by atomic mass is 35.5. The number of hydrogen-bond acceptors (Lipinski definition) is 3. The lowest BCUT2D eigenvalue weighted by Gasteiger charge is -2.29. The molecule has 0 fully saturated rings. The number of hydrogen-bond donors (Lipinski definition) is 1. The number of benzene rings is 2. The SMILES string of the molecule is CO[C@@](C)(CNS(=O)(=O)Cc1cccc(C)c1)c1cccc(Cl)c1. The summed E-state index contributed by atoms with van der Waals surface area (Å²) in [5.74, 6) is -0.0655. The molecule has 2 rings (SSSR count). The molecule has 0 aliphatic rings. The van der Waals surface area contributed by atoms with Crippen molar-refractivity contribution in [2.75, 3.05) is 13.7 Å². The molecule has 0 aliphatic heterocycles. The zero-order chi connectivity index (χ0) is 17.8. The predicted molar refractivity (Wildman–Crippen MR) is 97.6 cm³/mol. The van der Waals surface area contributed by atoms with Crippen LogP contribution < -0.4 is 4.72 Å². The molecule has 4 nitrogen and oxygen atoms in total. The smallest absolute Gasteiger partial charge is 0.215 e. The van der Waals surface area contributed by atoms with Crippen LogP contribution >= 0.6 is 11.6 Å². The number of ether oxygens (including phenoxy) is 1. The second-order valence-electron chi connectivity index (χ2n) is 6.01. The van der Waals surface area contributed by atoms with E-state index in [4.69, 9.17) is 16.3 Å². The summed E-state index contributed by atoms with van der Waals surface area (Å²) < 4.78 is 33.0. The van der Waals surface area contributed by atoms with Crippen molar-refractivity contribution in [3.8, 4) is 0 Å². The van der Waals surface area contributed by atoms with Crippen molar-refractivity contribution in [1.29, 1.82) is 0 Å². The van der Waals surface area contributed by atoms with Gasteiger partial charge in [0.05, 0.1) is 5.75 Å². The van der Waals surface area contributed by atoms with E-state index < -0.39 is 15.6 Å². The van der Waals surface area contributed by atoms with Crippen LogP contribution in [0.1, 0.15) is 23.6 Å². The number of rotatable bonds is 7. The predicted octanol–water partition coefficient (Wildman–Crippen LogP) is 3.63. The molecule has 0 unspecified atom stereocenters. The van der Waals surface area contributed by atoms with Crippen molar-refractivity contribution in [3.05, 3.63) is 70.2 Å². The van der Waals surface area contributed by atoms with E-state index in [1.165, 1.54) is 0 Å². The average Bonchev–Trinajstić information content (AvgIpc) is 2.52. The molecule has 130 valence electrons. The highest BCUT2D eigenvalue weighted by molar-refractivity contribution is 7.88. The maximum absolute atomic E-state index is 12.4. The minimum Gasteiger partial charge on any atom is -0.372 e. The molecule has 1 atom stereocenters. The van der Waals surface area contributed by atoms with Crippen molar-refractivity contribution >= 4 is 21.6 Å². The highest BCUT2D eigenvalue weighted by Crippen LogP contribution is 2.26. The van der Waals surface area contributed by atoms with E-state index in [1.54, 1.807) is 25.3 Å². The lowest BCUT2D eigenvalue weighted by molar-refractivity contribution is 0.00698. The van der Waals surface area contributed by atoms with E-state index >= 15 is 0 Å². The van der Waals surface area contributed by atoms with E-state index in [-0.39, 0.29) is 12.3 Å². The van der Waals surface area contributed by atoms with Gasteiger partial charge in [-0.1, -0.05) is 53.6 Å². The number of halogens is 1. The van der Waals surface area contributed by atoms with E-state index in [1.807, 2.05) is 44.2 Å². The van der Waals surface area contributed by atoms with Gasteiger partial charge in [-0.2, -0.15) is 0 Å². The van der Waals surface area contributed by atoms with Crippen LogP contribution in [0.15, 0.2) is 48.5 Å². The summed E-state index contributed by atoms with van der Waals surface area (Å²) in [6.07, 6.45) is 0. The Bertz CT molecular complexity index is 807. The van der Waals surface area contributed by atoms with Crippen molar-refractivity contribution in [2.45, 2.75) is 25.2 Å². The van der Waals surface area contributed by atoms with Gasteiger partial charge in [-0.15, -0.1) is 0 Å². The van der Waals surface area contributed by atoms with E-state index in [2.05, 4.69) is 4.72 Å². The van der Waals surface area contributed by atoms with E-state index in [0.717, 1.165) is 16.7 Å². The summed E-state index contributed by atoms with van der Waals surface area (Å²) in [6.45, 7) is 3.89. The van der Waals surface area contributed by atoms with Crippen molar-refractivity contribution in [2.24, 2.45) is 0 Å². The van der Waals surface area contributed by atoms with E-state index in [0.29, 0.717) is 5.02 Å². The summed E-state index contributed by atoms with van der Waals surface area (Å²) >= 11 is 6.03. The monoisotopic (exact) mass is 367 g/mol. The van der Waals surface area contributed by atoms with Gasteiger partial charge in [0.25, 0.3) is 0 Å². The maximum Gasteiger partial charge on any atom is 0.215 e. The Morgan fingerprint density at radius 2 is 1.88 bits per heavy atom. The van der Waals surface area contributed by atoms with Crippen molar-refractivity contribution in [3.63, 3.8) is 0 Å². The van der Waals surface area contributed by atoms with Gasteiger partial charge in [0, 0.05) is 18.7 Å². The summed E-state index contributed by atoms with van der Waals surface area (Å²) in [6, 6.07) is 14.7. The summed E-state index contributed by atoms with van der Waals surface area (Å²) in [7, 11) is -1.92. The van der Waals surface area contributed by atoms with Gasteiger partial charge >= 0.3 is 0 Å². The first-order valence-corrected chi connectivity index (χ1v) is 9.61. The maximum atomic E-state index is 12.4. The Balaban J connectivity index is 2.11. The molecule has 24 heavy (non-hydrogen) atoms. The highest BCUT2D eigenvalue weighted by Gasteiger charge is 2.28. The zero-order valence-corrected chi connectivity index (χ0v) is 15.6. The molecule has 0 bridgehead atoms. The summed E-state index contributed by atoms with van der Waals surface area (Å²) in [5, 5.41) is 0.582. The molecule has 1 N–H and O–H groups in total. The van der Waals surface area contributed by atoms with Crippen LogP contribution in [-0.2, 0) is 26.1 Å². The normalized spacial score (nSPS) is 14.3. The Morgan fingerprint density at radius 1 is 1.17 bits per heavy atom. The molecule has 0 amide bonds. The van der Waals surface area contributed by atoms with Gasteiger partial charge < -0.3 is 4.74 Å². The van der Waals surface area contributed by atoms with Crippen LogP contribution in [0.3, 0.4) is 0 Å². The third-order valence-electron chi connectivity index (χ3n) is 3.95. The quantitative estimate of drug-likeness (QED) is 0.813. The molecule has 0 spiro atoms. The van der Waals surface area contributed by atoms with Crippen LogP contribution in [0.25, 0.3) is 0 Å². The number of aryl methyl sites for hydroxylation is 1. The van der Waals surface area contributed by atoms with Crippen LogP contribution in [0.4, 0.5) is 0 Å². The zero-order valence-electron chi connectivity index (χ0n) is 14.0. The molecule has 2 aromatic carbocycles. The molecule has 0 saturated heterocycles. The lowest BCUT2D eigenvalue weighted by Crippen LogP contribution is -2.40. The van der Waals surface area contributed by atoms with Crippen LogP contribution in [0.5, 0.6) is 0 Å². The molecule has 6 heteroatoms. The average molecular weight is 368 g/mol. The van der Waals surface area contributed by atoms with E-state index in [9.17, 15) is 8.42 Å². The number of methoxy groups -OCH3 is 1. The van der Waals surface area contributed by atoms with Gasteiger partial charge in [-0.05, 0) is 37.1 Å². The molecular weight excluding hydrogens is 346 g/mol. The van der Waals surface area contributed by atoms with Crippen molar-refractivity contribution in [1.82, 2.24) is 4.72 Å². The van der Waals surface area contributed by atoms with Crippen molar-refractivity contribution < 1.29 is 13.2 Å². The number of nitrogens with one attached hydrogen (secondary N) is 1. The van der Waals surface area contributed by atoms with Gasteiger partial charge in [0.2, 0.25) is 10.0 Å². The molecule has 0 aliphatic carbocycles. The van der Waals surface area contributed by atoms with Crippen LogP contribution in [-0.4, -0.2) is 22.1 Å². The third-order valence-corrected chi connectivity index (χ3v) is 5.49. The Hall–Kier alpha value is -1.40. The minimum absolute atomic E-state index is 0.0655. The first-order chi connectivity index (χ1) is 11.2. The largest absolute Gasteiger partial charge is 0.372 e. The topological polar surface area (TPSA) is 55.4 Å². The standard InChI is InChI=1S/C18H22ClNO3S/c1-14-6-4-7-15(10-14)12-24(21,22)20-13-18(2,23-3)16-8-5-9-17(19)11-16/h4-11,20H,12-13H2,1-3H3/t18-/m0/s1. The third kappa shape index (κ3) is 5.05. The first-order valence-electron chi connectivity index (χ1n) is 7.58. The molecule has 2 aromatic rings. The first kappa shape index (κ1) is 18.9. The fourth-order valence-corrected chi connectivity index (χ4v) is 3.84. The second kappa shape index (κ2) is 7.66. The fraction of sp³-hybridized carbons (Fsp3) is 0.333. The molecule has 0 heterocycles. The van der Waals surface area contributed by atoms with Gasteiger partial charge in [-0.25, -0.2) is 13.1 Å². The lowest BCUT2D eigenvalue weighted by atomic mass is 9.96. The Morgan fingerprint density at radius 3 is 2.50 bits per heavy atom. The summed E-state index contributed by atoms with van der Waals surface area (Å²) in [4.78, 5) is 0. The number of sulfonamides is 1. The molecular formula is C18H22ClNO3S. The van der Waals surface area contributed by atoms with Crippen LogP contribution in [0, 0.1) is 6.92 Å². The molecule has 0 radical (unpaired) electrons.